The number of benzene rings is 1. The molecule has 19 heavy (non-hydrogen) atoms. The van der Waals surface area contributed by atoms with Crippen LogP contribution in [-0.4, -0.2) is 30.0 Å². The molecule has 1 unspecified atom stereocenters. The van der Waals surface area contributed by atoms with Gasteiger partial charge in [0.2, 0.25) is 0 Å². The van der Waals surface area contributed by atoms with Crippen molar-refractivity contribution in [3.8, 4) is 0 Å². The maximum Gasteiger partial charge on any atom is 0.415 e. The fraction of sp³-hybridized carbons (Fsp3) is 0.538. The number of rotatable bonds is 4. The van der Waals surface area contributed by atoms with Crippen molar-refractivity contribution in [3.63, 3.8) is 0 Å². The van der Waals surface area contributed by atoms with Crippen LogP contribution in [0.25, 0.3) is 0 Å². The van der Waals surface area contributed by atoms with Crippen LogP contribution in [0.1, 0.15) is 24.3 Å². The molecule has 2 nitrogen and oxygen atoms in total. The summed E-state index contributed by atoms with van der Waals surface area (Å²) in [4.78, 5) is 0. The smallest absolute Gasteiger partial charge is 0.382 e. The Kier molecular flexibility index (Phi) is 4.38. The molecule has 1 saturated carbocycles. The van der Waals surface area contributed by atoms with Gasteiger partial charge in [-0.1, -0.05) is 23.7 Å². The van der Waals surface area contributed by atoms with Crippen LogP contribution in [0.5, 0.6) is 0 Å². The summed E-state index contributed by atoms with van der Waals surface area (Å²) in [6, 6.07) is 7.54. The number of aliphatic hydroxyl groups excluding tert-OH is 1. The highest BCUT2D eigenvalue weighted by Crippen LogP contribution is 2.37. The van der Waals surface area contributed by atoms with Crippen molar-refractivity contribution in [1.82, 2.24) is 5.32 Å². The molecule has 1 aliphatic rings. The molecular weight excluding hydrogens is 279 g/mol. The lowest BCUT2D eigenvalue weighted by Crippen LogP contribution is -2.46. The third-order valence-electron chi connectivity index (χ3n) is 3.44. The van der Waals surface area contributed by atoms with Gasteiger partial charge in [0.25, 0.3) is 0 Å². The SMILES string of the molecule is OC(CNC1CC(c2cccc(Cl)c2)C1)C(F)(F)F. The van der Waals surface area contributed by atoms with Crippen LogP contribution in [0.3, 0.4) is 0 Å². The summed E-state index contributed by atoms with van der Waals surface area (Å²) < 4.78 is 36.3. The van der Waals surface area contributed by atoms with Gasteiger partial charge in [0.05, 0.1) is 0 Å². The topological polar surface area (TPSA) is 32.3 Å². The summed E-state index contributed by atoms with van der Waals surface area (Å²) in [6.45, 7) is -0.448. The van der Waals surface area contributed by atoms with Gasteiger partial charge in [0, 0.05) is 17.6 Å². The van der Waals surface area contributed by atoms with Crippen LogP contribution in [0.2, 0.25) is 5.02 Å². The van der Waals surface area contributed by atoms with Crippen molar-refractivity contribution in [3.05, 3.63) is 34.9 Å². The predicted molar refractivity (Wildman–Crippen MR) is 67.3 cm³/mol. The molecule has 6 heteroatoms. The van der Waals surface area contributed by atoms with E-state index < -0.39 is 18.8 Å². The normalized spacial score (nSPS) is 24.9. The molecule has 0 bridgehead atoms. The molecule has 0 aromatic heterocycles. The van der Waals surface area contributed by atoms with Gasteiger partial charge in [-0.2, -0.15) is 13.2 Å². The van der Waals surface area contributed by atoms with E-state index in [2.05, 4.69) is 5.32 Å². The predicted octanol–water partition coefficient (Wildman–Crippen LogP) is 3.10. The number of nitrogens with one attached hydrogen (secondary N) is 1. The zero-order chi connectivity index (χ0) is 14.0. The minimum Gasteiger partial charge on any atom is -0.382 e. The van der Waals surface area contributed by atoms with Gasteiger partial charge < -0.3 is 10.4 Å². The molecule has 2 rings (SSSR count). The first-order chi connectivity index (χ1) is 8.86. The minimum atomic E-state index is -4.55. The number of aliphatic hydroxyl groups is 1. The molecule has 1 aromatic rings. The number of halogens is 4. The van der Waals surface area contributed by atoms with Gasteiger partial charge in [0.15, 0.2) is 6.10 Å². The third-order valence-corrected chi connectivity index (χ3v) is 3.67. The molecule has 0 saturated heterocycles. The van der Waals surface area contributed by atoms with E-state index in [9.17, 15) is 13.2 Å². The van der Waals surface area contributed by atoms with E-state index in [1.807, 2.05) is 18.2 Å². The Morgan fingerprint density at radius 1 is 1.37 bits per heavy atom. The molecule has 0 aliphatic heterocycles. The lowest BCUT2D eigenvalue weighted by Gasteiger charge is -2.37. The first-order valence-corrected chi connectivity index (χ1v) is 6.47. The number of hydrogen-bond acceptors (Lipinski definition) is 2. The van der Waals surface area contributed by atoms with Crippen LogP contribution in [-0.2, 0) is 0 Å². The molecule has 1 aromatic carbocycles. The van der Waals surface area contributed by atoms with Crippen molar-refractivity contribution in [2.24, 2.45) is 0 Å². The average Bonchev–Trinajstić information content (AvgIpc) is 2.25. The highest BCUT2D eigenvalue weighted by Gasteiger charge is 2.39. The Bertz CT molecular complexity index is 432. The largest absolute Gasteiger partial charge is 0.415 e. The highest BCUT2D eigenvalue weighted by atomic mass is 35.5. The monoisotopic (exact) mass is 293 g/mol. The van der Waals surface area contributed by atoms with Crippen molar-refractivity contribution < 1.29 is 18.3 Å². The molecule has 0 radical (unpaired) electrons. The molecular formula is C13H15ClF3NO. The Morgan fingerprint density at radius 3 is 2.63 bits per heavy atom. The quantitative estimate of drug-likeness (QED) is 0.894. The second kappa shape index (κ2) is 5.69. The zero-order valence-corrected chi connectivity index (χ0v) is 10.9. The van der Waals surface area contributed by atoms with E-state index in [1.165, 1.54) is 0 Å². The lowest BCUT2D eigenvalue weighted by atomic mass is 9.76. The van der Waals surface area contributed by atoms with Crippen molar-refractivity contribution >= 4 is 11.6 Å². The van der Waals surface area contributed by atoms with Crippen molar-refractivity contribution in [1.29, 1.82) is 0 Å². The summed E-state index contributed by atoms with van der Waals surface area (Å²) in [7, 11) is 0. The van der Waals surface area contributed by atoms with Gasteiger partial charge in [0.1, 0.15) is 0 Å². The Labute approximate surface area is 114 Å². The number of hydrogen-bond donors (Lipinski definition) is 2. The molecule has 1 fully saturated rings. The van der Waals surface area contributed by atoms with E-state index in [4.69, 9.17) is 16.7 Å². The van der Waals surface area contributed by atoms with Crippen LogP contribution in [0, 0.1) is 0 Å². The Hall–Kier alpha value is -0.780. The molecule has 2 N–H and O–H groups in total. The summed E-state index contributed by atoms with van der Waals surface area (Å²) in [5.41, 5.74) is 1.11. The highest BCUT2D eigenvalue weighted by molar-refractivity contribution is 6.30. The first-order valence-electron chi connectivity index (χ1n) is 6.10. The van der Waals surface area contributed by atoms with E-state index >= 15 is 0 Å². The second-order valence-electron chi connectivity index (χ2n) is 4.89. The molecule has 1 atom stereocenters. The van der Waals surface area contributed by atoms with Gasteiger partial charge in [-0.15, -0.1) is 0 Å². The van der Waals surface area contributed by atoms with Gasteiger partial charge in [-0.3, -0.25) is 0 Å². The molecule has 0 amide bonds. The van der Waals surface area contributed by atoms with Crippen LogP contribution >= 0.6 is 11.6 Å². The standard InChI is InChI=1S/C13H15ClF3NO/c14-10-3-1-2-8(4-10)9-5-11(6-9)18-7-12(19)13(15,16)17/h1-4,9,11-12,18-19H,5-7H2. The summed E-state index contributed by atoms with van der Waals surface area (Å²) in [5.74, 6) is 0.333. The van der Waals surface area contributed by atoms with Crippen LogP contribution in [0.15, 0.2) is 24.3 Å². The Balaban J connectivity index is 1.75. The maximum absolute atomic E-state index is 12.1. The van der Waals surface area contributed by atoms with Crippen LogP contribution < -0.4 is 5.32 Å². The van der Waals surface area contributed by atoms with Gasteiger partial charge in [-0.25, -0.2) is 0 Å². The maximum atomic E-state index is 12.1. The number of alkyl halides is 3. The third kappa shape index (κ3) is 3.84. The summed E-state index contributed by atoms with van der Waals surface area (Å²) >= 11 is 5.89. The minimum absolute atomic E-state index is 0.0287. The summed E-state index contributed by atoms with van der Waals surface area (Å²) in [5, 5.41) is 12.3. The van der Waals surface area contributed by atoms with E-state index in [-0.39, 0.29) is 6.04 Å². The average molecular weight is 294 g/mol. The molecule has 1 aliphatic carbocycles. The molecule has 106 valence electrons. The first kappa shape index (κ1) is 14.6. The second-order valence-corrected chi connectivity index (χ2v) is 5.32. The fourth-order valence-corrected chi connectivity index (χ4v) is 2.41. The molecule has 0 heterocycles. The summed E-state index contributed by atoms with van der Waals surface area (Å²) in [6.07, 6.45) is -5.31. The van der Waals surface area contributed by atoms with Crippen molar-refractivity contribution in [2.75, 3.05) is 6.54 Å². The van der Waals surface area contributed by atoms with E-state index in [1.54, 1.807) is 6.07 Å². The molecule has 0 spiro atoms. The zero-order valence-electron chi connectivity index (χ0n) is 10.1. The Morgan fingerprint density at radius 2 is 2.05 bits per heavy atom. The lowest BCUT2D eigenvalue weighted by molar-refractivity contribution is -0.202. The van der Waals surface area contributed by atoms with Gasteiger partial charge in [-0.05, 0) is 36.5 Å². The van der Waals surface area contributed by atoms with Crippen molar-refractivity contribution in [2.45, 2.75) is 37.1 Å². The van der Waals surface area contributed by atoms with E-state index in [0.717, 1.165) is 18.4 Å². The fourth-order valence-electron chi connectivity index (χ4n) is 2.21. The van der Waals surface area contributed by atoms with Crippen LogP contribution in [0.4, 0.5) is 13.2 Å². The van der Waals surface area contributed by atoms with E-state index in [0.29, 0.717) is 10.9 Å². The van der Waals surface area contributed by atoms with Gasteiger partial charge >= 0.3 is 6.18 Å².